The molecule has 2 unspecified atom stereocenters. The SMILES string of the molecule is CCOC(=O)c1ccc(N2C(=O)C3Sc4c(sc(=O)n4CC(=O)Nc4cccc(C(F)(F)F)c4)[C@@H](c4ccc(OC)c(OC)c4)C3C2=O)cc1. The summed E-state index contributed by atoms with van der Waals surface area (Å²) in [4.78, 5) is 68.0. The number of nitrogens with one attached hydrogen (secondary N) is 1. The summed E-state index contributed by atoms with van der Waals surface area (Å²) in [6, 6.07) is 14.9. The van der Waals surface area contributed by atoms with Gasteiger partial charge in [-0.05, 0) is 67.1 Å². The molecule has 0 radical (unpaired) electrons. The third-order valence-electron chi connectivity index (χ3n) is 8.23. The number of amides is 3. The van der Waals surface area contributed by atoms with Crippen LogP contribution in [0.5, 0.6) is 11.5 Å². The number of imide groups is 1. The summed E-state index contributed by atoms with van der Waals surface area (Å²) < 4.78 is 56.8. The average molecular weight is 728 g/mol. The fourth-order valence-corrected chi connectivity index (χ4v) is 8.77. The van der Waals surface area contributed by atoms with Gasteiger partial charge in [-0.2, -0.15) is 13.2 Å². The third kappa shape index (κ3) is 6.35. The molecule has 6 rings (SSSR count). The minimum absolute atomic E-state index is 0.112. The highest BCUT2D eigenvalue weighted by Gasteiger charge is 2.57. The van der Waals surface area contributed by atoms with Gasteiger partial charge in [0.15, 0.2) is 11.5 Å². The number of hydrogen-bond donors (Lipinski definition) is 1. The first-order valence-corrected chi connectivity index (χ1v) is 16.8. The van der Waals surface area contributed by atoms with E-state index in [0.29, 0.717) is 21.9 Å². The van der Waals surface area contributed by atoms with Crippen LogP contribution in [-0.4, -0.2) is 54.3 Å². The van der Waals surface area contributed by atoms with Crippen molar-refractivity contribution in [3.63, 3.8) is 0 Å². The molecule has 2 aliphatic heterocycles. The number of halogens is 3. The number of anilines is 2. The van der Waals surface area contributed by atoms with Gasteiger partial charge in [0.25, 0.3) is 0 Å². The number of thioether (sulfide) groups is 1. The Labute approximate surface area is 290 Å². The Hall–Kier alpha value is -5.09. The lowest BCUT2D eigenvalue weighted by atomic mass is 9.83. The number of nitrogens with zero attached hydrogens (tertiary/aromatic N) is 2. The largest absolute Gasteiger partial charge is 0.493 e. The summed E-state index contributed by atoms with van der Waals surface area (Å²) in [6.45, 7) is 1.28. The monoisotopic (exact) mass is 727 g/mol. The number of thiazole rings is 1. The van der Waals surface area contributed by atoms with E-state index in [2.05, 4.69) is 5.32 Å². The second-order valence-electron chi connectivity index (χ2n) is 11.2. The second-order valence-corrected chi connectivity index (χ2v) is 13.3. The van der Waals surface area contributed by atoms with E-state index in [0.717, 1.165) is 50.8 Å². The summed E-state index contributed by atoms with van der Waals surface area (Å²) in [5.74, 6) is -3.48. The first-order valence-electron chi connectivity index (χ1n) is 15.1. The molecule has 0 spiro atoms. The summed E-state index contributed by atoms with van der Waals surface area (Å²) in [7, 11) is 2.90. The van der Waals surface area contributed by atoms with Crippen LogP contribution < -0.4 is 24.6 Å². The molecular formula is C34H28F3N3O8S2. The lowest BCUT2D eigenvalue weighted by Gasteiger charge is -2.31. The van der Waals surface area contributed by atoms with Gasteiger partial charge in [0.1, 0.15) is 11.8 Å². The van der Waals surface area contributed by atoms with Gasteiger partial charge in [0.05, 0.1) is 48.6 Å². The van der Waals surface area contributed by atoms with Crippen LogP contribution in [0.25, 0.3) is 0 Å². The van der Waals surface area contributed by atoms with Crippen molar-refractivity contribution in [2.75, 3.05) is 31.0 Å². The van der Waals surface area contributed by atoms with E-state index in [1.54, 1.807) is 25.1 Å². The molecule has 3 atom stereocenters. The lowest BCUT2D eigenvalue weighted by molar-refractivity contribution is -0.137. The number of methoxy groups -OCH3 is 2. The van der Waals surface area contributed by atoms with Crippen molar-refractivity contribution < 1.29 is 46.6 Å². The normalized spacial score (nSPS) is 18.4. The molecule has 2 aliphatic rings. The van der Waals surface area contributed by atoms with Crippen molar-refractivity contribution in [3.8, 4) is 11.5 Å². The minimum atomic E-state index is -4.63. The smallest absolute Gasteiger partial charge is 0.416 e. The van der Waals surface area contributed by atoms with Crippen molar-refractivity contribution >= 4 is 58.2 Å². The van der Waals surface area contributed by atoms with Crippen molar-refractivity contribution in [2.24, 2.45) is 5.92 Å². The van der Waals surface area contributed by atoms with Crippen LogP contribution in [0, 0.1) is 5.92 Å². The van der Waals surface area contributed by atoms with Gasteiger partial charge in [0, 0.05) is 16.5 Å². The van der Waals surface area contributed by atoms with Crippen LogP contribution in [0.2, 0.25) is 0 Å². The molecule has 11 nitrogen and oxygen atoms in total. The van der Waals surface area contributed by atoms with E-state index in [4.69, 9.17) is 14.2 Å². The van der Waals surface area contributed by atoms with Crippen LogP contribution in [0.1, 0.15) is 39.2 Å². The van der Waals surface area contributed by atoms with Crippen LogP contribution in [0.4, 0.5) is 24.5 Å². The Kier molecular flexibility index (Phi) is 9.50. The van der Waals surface area contributed by atoms with E-state index in [9.17, 15) is 37.1 Å². The number of benzene rings is 3. The Morgan fingerprint density at radius 1 is 0.920 bits per heavy atom. The third-order valence-corrected chi connectivity index (χ3v) is 10.8. The van der Waals surface area contributed by atoms with Gasteiger partial charge in [-0.1, -0.05) is 35.2 Å². The number of esters is 1. The maximum absolute atomic E-state index is 14.2. The first kappa shape index (κ1) is 34.8. The fourth-order valence-electron chi connectivity index (χ4n) is 5.99. The standard InChI is InChI=1S/C34H28F3N3O8S2/c1-4-48-32(44)17-8-11-21(12-9-17)40-29(42)26-25(18-10-13-22(46-2)23(14-18)47-3)28-31(49-27(26)30(40)43)39(33(45)50-28)16-24(41)38-20-7-5-6-19(15-20)34(35,36)37/h5-15,25-27H,4,16H2,1-3H3,(H,38,41)/t25-,26?,27?/m0/s1. The fraction of sp³-hybridized carbons (Fsp3) is 0.265. The molecule has 4 aromatic rings. The Bertz CT molecular complexity index is 2060. The number of hydrogen-bond acceptors (Lipinski definition) is 10. The van der Waals surface area contributed by atoms with Gasteiger partial charge >= 0.3 is 17.0 Å². The first-order chi connectivity index (χ1) is 23.9. The Morgan fingerprint density at radius 2 is 1.64 bits per heavy atom. The number of carbonyl (C=O) groups is 4. The maximum Gasteiger partial charge on any atom is 0.416 e. The molecule has 0 aliphatic carbocycles. The lowest BCUT2D eigenvalue weighted by Crippen LogP contribution is -2.33. The Balaban J connectivity index is 1.39. The van der Waals surface area contributed by atoms with Gasteiger partial charge in [-0.3, -0.25) is 23.7 Å². The average Bonchev–Trinajstić information content (AvgIpc) is 3.53. The number of ether oxygens (including phenoxy) is 3. The van der Waals surface area contributed by atoms with Crippen LogP contribution in [-0.2, 0) is 31.8 Å². The molecular weight excluding hydrogens is 700 g/mol. The van der Waals surface area contributed by atoms with Crippen molar-refractivity contribution in [1.82, 2.24) is 4.57 Å². The second kappa shape index (κ2) is 13.7. The number of aromatic nitrogens is 1. The molecule has 3 amide bonds. The number of rotatable bonds is 9. The van der Waals surface area contributed by atoms with Gasteiger partial charge in [0.2, 0.25) is 17.7 Å². The predicted octanol–water partition coefficient (Wildman–Crippen LogP) is 5.56. The quantitative estimate of drug-likeness (QED) is 0.174. The Morgan fingerprint density at radius 3 is 2.30 bits per heavy atom. The van der Waals surface area contributed by atoms with Gasteiger partial charge in [-0.15, -0.1) is 0 Å². The molecule has 1 fully saturated rings. The molecule has 50 heavy (non-hydrogen) atoms. The minimum Gasteiger partial charge on any atom is -0.493 e. The van der Waals surface area contributed by atoms with E-state index in [-0.39, 0.29) is 28.6 Å². The van der Waals surface area contributed by atoms with Crippen molar-refractivity contribution in [2.45, 2.75) is 35.8 Å². The van der Waals surface area contributed by atoms with Crippen LogP contribution in [0.15, 0.2) is 76.6 Å². The molecule has 0 bridgehead atoms. The molecule has 16 heteroatoms. The highest BCUT2D eigenvalue weighted by Crippen LogP contribution is 2.54. The van der Waals surface area contributed by atoms with Gasteiger partial charge < -0.3 is 19.5 Å². The zero-order valence-electron chi connectivity index (χ0n) is 26.6. The molecule has 1 saturated heterocycles. The molecule has 3 aromatic carbocycles. The van der Waals surface area contributed by atoms with Crippen LogP contribution >= 0.6 is 23.1 Å². The maximum atomic E-state index is 14.2. The molecule has 260 valence electrons. The van der Waals surface area contributed by atoms with E-state index in [1.807, 2.05) is 0 Å². The molecule has 1 aromatic heterocycles. The molecule has 1 N–H and O–H groups in total. The van der Waals surface area contributed by atoms with Crippen molar-refractivity contribution in [1.29, 1.82) is 0 Å². The summed E-state index contributed by atoms with van der Waals surface area (Å²) in [5, 5.41) is 1.67. The number of alkyl halides is 3. The number of carbonyl (C=O) groups excluding carboxylic acids is 4. The van der Waals surface area contributed by atoms with Gasteiger partial charge in [-0.25, -0.2) is 9.69 Å². The van der Waals surface area contributed by atoms with Crippen LogP contribution in [0.3, 0.4) is 0 Å². The van der Waals surface area contributed by atoms with E-state index in [1.165, 1.54) is 44.6 Å². The zero-order chi connectivity index (χ0) is 35.9. The molecule has 3 heterocycles. The highest BCUT2D eigenvalue weighted by molar-refractivity contribution is 8.00. The van der Waals surface area contributed by atoms with Crippen molar-refractivity contribution in [3.05, 3.63) is 98.0 Å². The molecule has 0 saturated carbocycles. The zero-order valence-corrected chi connectivity index (χ0v) is 28.2. The van der Waals surface area contributed by atoms with E-state index < -0.39 is 63.9 Å². The predicted molar refractivity (Wildman–Crippen MR) is 178 cm³/mol. The highest BCUT2D eigenvalue weighted by atomic mass is 32.2. The summed E-state index contributed by atoms with van der Waals surface area (Å²) in [6.07, 6.45) is -4.63. The number of fused-ring (bicyclic) bond motifs is 2. The summed E-state index contributed by atoms with van der Waals surface area (Å²) in [5.41, 5.74) is -0.0559. The summed E-state index contributed by atoms with van der Waals surface area (Å²) >= 11 is 1.78. The van der Waals surface area contributed by atoms with E-state index >= 15 is 0 Å². The topological polar surface area (TPSA) is 133 Å².